The van der Waals surface area contributed by atoms with Crippen molar-refractivity contribution in [2.24, 2.45) is 0 Å². The van der Waals surface area contributed by atoms with Crippen molar-refractivity contribution in [1.82, 2.24) is 9.13 Å². The Morgan fingerprint density at radius 3 is 0.732 bits per heavy atom. The highest BCUT2D eigenvalue weighted by atomic mass is 15.0. The van der Waals surface area contributed by atoms with E-state index < -0.39 is 0 Å². The van der Waals surface area contributed by atoms with Crippen LogP contribution in [-0.2, 0) is 0 Å². The van der Waals surface area contributed by atoms with Gasteiger partial charge in [-0.3, -0.25) is 0 Å². The molecule has 2 aromatic heterocycles. The van der Waals surface area contributed by atoms with Crippen LogP contribution in [0.3, 0.4) is 0 Å². The van der Waals surface area contributed by atoms with Gasteiger partial charge in [-0.1, -0.05) is 243 Å². The molecule has 82 heavy (non-hydrogen) atoms. The molecule has 0 unspecified atom stereocenters. The van der Waals surface area contributed by atoms with E-state index in [0.717, 1.165) is 0 Å². The van der Waals surface area contributed by atoms with Gasteiger partial charge in [0.05, 0.1) is 33.4 Å². The fraction of sp³-hybridized carbons (Fsp3) is 0. The Kier molecular flexibility index (Phi) is 8.82. The molecule has 17 aromatic rings. The minimum absolute atomic E-state index is 1.19. The Balaban J connectivity index is 1.07. The lowest BCUT2D eigenvalue weighted by molar-refractivity contribution is 1.20. The van der Waals surface area contributed by atoms with Crippen LogP contribution in [0.1, 0.15) is 0 Å². The monoisotopic (exact) mass is 1030 g/mol. The highest BCUT2D eigenvalue weighted by Crippen LogP contribution is 2.63. The highest BCUT2D eigenvalue weighted by Gasteiger charge is 2.36. The van der Waals surface area contributed by atoms with Gasteiger partial charge in [-0.25, -0.2) is 0 Å². The Bertz CT molecular complexity index is 5130. The summed E-state index contributed by atoms with van der Waals surface area (Å²) in [6.07, 6.45) is 0. The van der Waals surface area contributed by atoms with E-state index in [1.54, 1.807) is 0 Å². The molecule has 0 saturated heterocycles. The number of rotatable bonds is 6. The molecule has 2 heteroatoms. The second kappa shape index (κ2) is 16.4. The summed E-state index contributed by atoms with van der Waals surface area (Å²) in [5, 5.41) is 15.2. The van der Waals surface area contributed by atoms with E-state index >= 15 is 0 Å². The molecule has 0 aliphatic heterocycles. The molecule has 0 fully saturated rings. The molecule has 0 bridgehead atoms. The number of benzene rings is 15. The molecule has 376 valence electrons. The molecular weight excluding hydrogens is 989 g/mol. The minimum atomic E-state index is 1.19. The molecule has 0 saturated carbocycles. The summed E-state index contributed by atoms with van der Waals surface area (Å²) in [4.78, 5) is 0. The van der Waals surface area contributed by atoms with Crippen molar-refractivity contribution in [3.63, 3.8) is 0 Å². The van der Waals surface area contributed by atoms with Gasteiger partial charge in [0.15, 0.2) is 0 Å². The van der Waals surface area contributed by atoms with Crippen molar-refractivity contribution in [3.8, 4) is 100 Å². The number of aromatic nitrogens is 2. The number of hydrogen-bond acceptors (Lipinski definition) is 0. The van der Waals surface area contributed by atoms with Crippen LogP contribution in [-0.4, -0.2) is 9.13 Å². The Hall–Kier alpha value is -10.8. The standard InChI is InChI=1S/C80H46N2/c1-5-21-47(22-6-1)51-37-39-53(49-25-9-3-10-26-49)73-63-45-69(81-65-33-17-13-29-55(65)56-30-14-18-34-66(56)81)77-62-44-42-60-72-52(48-23-7-2-8-24-48)38-40-54(50-27-11-4-12-28-50)74(72)64-46-70(82-67-35-19-15-31-57(67)58-32-16-20-36-68(58)82)78(80(62)76(60)64)61-43-41-59(71(51)73)75(63)79(61)77/h1-46H. The van der Waals surface area contributed by atoms with Gasteiger partial charge in [0.1, 0.15) is 0 Å². The molecule has 0 N–H and O–H groups in total. The average Bonchev–Trinajstić information content (AvgIpc) is 3.63. The van der Waals surface area contributed by atoms with Crippen LogP contribution in [0.4, 0.5) is 0 Å². The zero-order valence-electron chi connectivity index (χ0n) is 44.5. The van der Waals surface area contributed by atoms with Crippen LogP contribution < -0.4 is 0 Å². The van der Waals surface area contributed by atoms with Crippen molar-refractivity contribution < 1.29 is 0 Å². The maximum absolute atomic E-state index is 2.60. The van der Waals surface area contributed by atoms with Gasteiger partial charge >= 0.3 is 0 Å². The van der Waals surface area contributed by atoms with Gasteiger partial charge in [0, 0.05) is 43.1 Å². The first-order valence-electron chi connectivity index (χ1n) is 28.6. The second-order valence-electron chi connectivity index (χ2n) is 22.5. The lowest BCUT2D eigenvalue weighted by Crippen LogP contribution is -2.01. The molecule has 2 aliphatic rings. The third-order valence-corrected chi connectivity index (χ3v) is 18.5. The fourth-order valence-corrected chi connectivity index (χ4v) is 15.3. The van der Waals surface area contributed by atoms with Crippen molar-refractivity contribution in [2.45, 2.75) is 0 Å². The summed E-state index contributed by atoms with van der Waals surface area (Å²) in [6.45, 7) is 0. The largest absolute Gasteiger partial charge is 0.309 e. The van der Waals surface area contributed by atoms with E-state index in [1.807, 2.05) is 0 Å². The van der Waals surface area contributed by atoms with E-state index in [-0.39, 0.29) is 0 Å². The molecule has 0 radical (unpaired) electrons. The number of nitrogens with zero attached hydrogens (tertiary/aromatic N) is 2. The zero-order valence-corrected chi connectivity index (χ0v) is 44.5. The Morgan fingerprint density at radius 2 is 0.427 bits per heavy atom. The number of para-hydroxylation sites is 4. The molecule has 2 nitrogen and oxygen atoms in total. The Labute approximate surface area is 472 Å². The van der Waals surface area contributed by atoms with Crippen LogP contribution in [0.2, 0.25) is 0 Å². The predicted octanol–water partition coefficient (Wildman–Crippen LogP) is 21.9. The predicted molar refractivity (Wildman–Crippen MR) is 347 cm³/mol. The maximum Gasteiger partial charge on any atom is 0.0553 e. The topological polar surface area (TPSA) is 9.86 Å². The first-order chi connectivity index (χ1) is 40.8. The van der Waals surface area contributed by atoms with Gasteiger partial charge in [0.2, 0.25) is 0 Å². The van der Waals surface area contributed by atoms with Crippen molar-refractivity contribution in [2.75, 3.05) is 0 Å². The molecule has 0 amide bonds. The van der Waals surface area contributed by atoms with Crippen LogP contribution in [0.5, 0.6) is 0 Å². The third-order valence-electron chi connectivity index (χ3n) is 18.5. The lowest BCUT2D eigenvalue weighted by Gasteiger charge is -2.23. The third kappa shape index (κ3) is 5.72. The van der Waals surface area contributed by atoms with Crippen LogP contribution >= 0.6 is 0 Å². The summed E-state index contributed by atoms with van der Waals surface area (Å²) < 4.78 is 5.21. The molecule has 15 aromatic carbocycles. The van der Waals surface area contributed by atoms with E-state index in [2.05, 4.69) is 288 Å². The van der Waals surface area contributed by atoms with E-state index in [1.165, 1.54) is 187 Å². The van der Waals surface area contributed by atoms with Crippen molar-refractivity contribution in [1.29, 1.82) is 0 Å². The summed E-state index contributed by atoms with van der Waals surface area (Å²) in [5.74, 6) is 0. The zero-order chi connectivity index (χ0) is 53.3. The number of fused-ring (bicyclic) bond motifs is 14. The summed E-state index contributed by atoms with van der Waals surface area (Å²) in [5.41, 5.74) is 27.2. The first kappa shape index (κ1) is 44.1. The fourth-order valence-electron chi connectivity index (χ4n) is 15.3. The molecule has 2 aliphatic carbocycles. The quantitative estimate of drug-likeness (QED) is 0.116. The minimum Gasteiger partial charge on any atom is -0.309 e. The second-order valence-corrected chi connectivity index (χ2v) is 22.5. The van der Waals surface area contributed by atoms with Gasteiger partial charge in [0.25, 0.3) is 0 Å². The molecule has 0 atom stereocenters. The molecular formula is C80H46N2. The average molecular weight is 1040 g/mol. The summed E-state index contributed by atoms with van der Waals surface area (Å²) in [7, 11) is 0. The molecule has 19 rings (SSSR count). The highest BCUT2D eigenvalue weighted by molar-refractivity contribution is 6.44. The molecule has 2 heterocycles. The first-order valence-corrected chi connectivity index (χ1v) is 28.6. The molecule has 0 spiro atoms. The van der Waals surface area contributed by atoms with Gasteiger partial charge in [-0.15, -0.1) is 0 Å². The summed E-state index contributed by atoms with van der Waals surface area (Å²) >= 11 is 0. The Morgan fingerprint density at radius 1 is 0.171 bits per heavy atom. The van der Waals surface area contributed by atoms with Crippen LogP contribution in [0.25, 0.3) is 187 Å². The van der Waals surface area contributed by atoms with Gasteiger partial charge in [-0.05, 0) is 147 Å². The van der Waals surface area contributed by atoms with Crippen molar-refractivity contribution >= 4 is 86.7 Å². The lowest BCUT2D eigenvalue weighted by atomic mass is 9.84. The summed E-state index contributed by atoms with van der Waals surface area (Å²) in [6, 6.07) is 105. The van der Waals surface area contributed by atoms with Crippen LogP contribution in [0, 0.1) is 0 Å². The van der Waals surface area contributed by atoms with Crippen molar-refractivity contribution in [3.05, 3.63) is 279 Å². The van der Waals surface area contributed by atoms with Crippen LogP contribution in [0.15, 0.2) is 279 Å². The number of hydrogen-bond donors (Lipinski definition) is 0. The van der Waals surface area contributed by atoms with Gasteiger partial charge < -0.3 is 9.13 Å². The smallest absolute Gasteiger partial charge is 0.0553 e. The normalized spacial score (nSPS) is 12.4. The maximum atomic E-state index is 2.60. The van der Waals surface area contributed by atoms with E-state index in [9.17, 15) is 0 Å². The SMILES string of the molecule is c1ccc(-c2ccc(-c3ccccc3)c3c2-c2ccc4c5c(-n6c7ccccc7c7ccccc76)cc6c7c(ccc(c8c(-n9c%10ccccc%10c%10ccccc%109)cc-3c2c48)c75)-c2c(-c3ccccc3)ccc(-c3ccccc3)c2-6)cc1. The van der Waals surface area contributed by atoms with E-state index in [0.29, 0.717) is 0 Å². The van der Waals surface area contributed by atoms with Gasteiger partial charge in [-0.2, -0.15) is 0 Å². The van der Waals surface area contributed by atoms with E-state index in [4.69, 9.17) is 0 Å².